The fraction of sp³-hybridized carbons (Fsp3) is 0.400. The predicted molar refractivity (Wildman–Crippen MR) is 80.7 cm³/mol. The van der Waals surface area contributed by atoms with E-state index in [4.69, 9.17) is 14.2 Å². The number of anilines is 1. The molecule has 1 aromatic heterocycles. The highest BCUT2D eigenvalue weighted by molar-refractivity contribution is 5.41. The molecule has 0 radical (unpaired) electrons. The lowest BCUT2D eigenvalue weighted by Gasteiger charge is -2.18. The monoisotopic (exact) mass is 302 g/mol. The summed E-state index contributed by atoms with van der Waals surface area (Å²) in [4.78, 5) is 14.4. The zero-order valence-corrected chi connectivity index (χ0v) is 12.9. The number of hydrogen-bond acceptors (Lipinski definition) is 7. The van der Waals surface area contributed by atoms with Crippen LogP contribution in [0.2, 0.25) is 0 Å². The normalized spacial score (nSPS) is 12.5. The van der Waals surface area contributed by atoms with Gasteiger partial charge < -0.3 is 19.1 Å². The maximum atomic E-state index is 5.52. The van der Waals surface area contributed by atoms with Gasteiger partial charge in [0, 0.05) is 20.0 Å². The predicted octanol–water partition coefficient (Wildman–Crippen LogP) is 1.46. The van der Waals surface area contributed by atoms with Crippen molar-refractivity contribution in [1.82, 2.24) is 15.0 Å². The Labute approximate surface area is 128 Å². The molecule has 0 amide bonds. The van der Waals surface area contributed by atoms with Crippen LogP contribution < -0.4 is 19.1 Å². The van der Waals surface area contributed by atoms with E-state index >= 15 is 0 Å². The third-order valence-corrected chi connectivity index (χ3v) is 3.46. The number of ether oxygens (including phenoxy) is 3. The molecule has 2 heterocycles. The summed E-state index contributed by atoms with van der Waals surface area (Å²) in [5.74, 6) is 1.48. The van der Waals surface area contributed by atoms with E-state index in [1.807, 2.05) is 18.0 Å². The van der Waals surface area contributed by atoms with E-state index in [0.29, 0.717) is 12.5 Å². The van der Waals surface area contributed by atoms with E-state index in [9.17, 15) is 0 Å². The van der Waals surface area contributed by atoms with Gasteiger partial charge in [-0.15, -0.1) is 4.98 Å². The number of aromatic nitrogens is 3. The molecule has 0 fully saturated rings. The fourth-order valence-electron chi connectivity index (χ4n) is 2.36. The van der Waals surface area contributed by atoms with Crippen LogP contribution in [0, 0.1) is 0 Å². The van der Waals surface area contributed by atoms with Crippen LogP contribution in [0.15, 0.2) is 18.2 Å². The van der Waals surface area contributed by atoms with Crippen LogP contribution in [-0.2, 0) is 13.0 Å². The van der Waals surface area contributed by atoms with Gasteiger partial charge in [-0.1, -0.05) is 12.1 Å². The van der Waals surface area contributed by atoms with Gasteiger partial charge in [-0.05, 0) is 17.2 Å². The minimum atomic E-state index is 0.232. The summed E-state index contributed by atoms with van der Waals surface area (Å²) in [6, 6.07) is 6.69. The van der Waals surface area contributed by atoms with E-state index in [2.05, 4.69) is 27.1 Å². The van der Waals surface area contributed by atoms with Crippen LogP contribution in [0.4, 0.5) is 5.95 Å². The van der Waals surface area contributed by atoms with Gasteiger partial charge in [0.2, 0.25) is 5.95 Å². The van der Waals surface area contributed by atoms with Crippen LogP contribution in [-0.4, -0.2) is 42.8 Å². The molecule has 0 spiro atoms. The van der Waals surface area contributed by atoms with Crippen LogP contribution in [0.3, 0.4) is 0 Å². The molecule has 1 aliphatic rings. The zero-order valence-electron chi connectivity index (χ0n) is 12.9. The first-order chi connectivity index (χ1) is 10.7. The topological polar surface area (TPSA) is 69.6 Å². The molecular weight excluding hydrogens is 284 g/mol. The highest BCUT2D eigenvalue weighted by Crippen LogP contribution is 2.26. The Balaban J connectivity index is 1.80. The molecule has 7 heteroatoms. The molecule has 0 N–H and O–H groups in total. The Morgan fingerprint density at radius 2 is 1.86 bits per heavy atom. The Morgan fingerprint density at radius 1 is 1.14 bits per heavy atom. The van der Waals surface area contributed by atoms with E-state index in [0.717, 1.165) is 18.8 Å². The standard InChI is InChI=1S/C15H18N4O3/c1-19(13-16-14(20-2)18-15(17-13)21-3)9-10-4-5-12-11(8-10)6-7-22-12/h4-5,8H,6-7,9H2,1-3H3. The molecule has 2 aromatic rings. The van der Waals surface area contributed by atoms with Crippen molar-refractivity contribution >= 4 is 5.95 Å². The minimum absolute atomic E-state index is 0.232. The number of rotatable bonds is 5. The third kappa shape index (κ3) is 2.88. The van der Waals surface area contributed by atoms with Crippen molar-refractivity contribution in [2.45, 2.75) is 13.0 Å². The van der Waals surface area contributed by atoms with E-state index < -0.39 is 0 Å². The first-order valence-corrected chi connectivity index (χ1v) is 6.99. The molecule has 0 bridgehead atoms. The highest BCUT2D eigenvalue weighted by Gasteiger charge is 2.15. The molecule has 116 valence electrons. The summed E-state index contributed by atoms with van der Waals surface area (Å²) in [7, 11) is 4.94. The van der Waals surface area contributed by atoms with E-state index in [-0.39, 0.29) is 12.0 Å². The Hall–Kier alpha value is -2.57. The van der Waals surface area contributed by atoms with Gasteiger partial charge in [0.25, 0.3) is 0 Å². The van der Waals surface area contributed by atoms with Crippen molar-refractivity contribution < 1.29 is 14.2 Å². The number of fused-ring (bicyclic) bond motifs is 1. The molecule has 22 heavy (non-hydrogen) atoms. The summed E-state index contributed by atoms with van der Waals surface area (Å²) in [6.07, 6.45) is 0.959. The van der Waals surface area contributed by atoms with Crippen molar-refractivity contribution in [2.24, 2.45) is 0 Å². The largest absolute Gasteiger partial charge is 0.493 e. The molecule has 0 unspecified atom stereocenters. The van der Waals surface area contributed by atoms with Crippen molar-refractivity contribution in [3.8, 4) is 17.8 Å². The lowest BCUT2D eigenvalue weighted by molar-refractivity contribution is 0.340. The molecule has 7 nitrogen and oxygen atoms in total. The Kier molecular flexibility index (Phi) is 3.95. The van der Waals surface area contributed by atoms with E-state index in [1.165, 1.54) is 25.3 Å². The van der Waals surface area contributed by atoms with Crippen molar-refractivity contribution in [1.29, 1.82) is 0 Å². The maximum absolute atomic E-state index is 5.52. The molecule has 0 saturated carbocycles. The lowest BCUT2D eigenvalue weighted by atomic mass is 10.1. The zero-order chi connectivity index (χ0) is 15.5. The second kappa shape index (κ2) is 6.05. The summed E-state index contributed by atoms with van der Waals surface area (Å²) in [6.45, 7) is 1.43. The quantitative estimate of drug-likeness (QED) is 0.828. The second-order valence-electron chi connectivity index (χ2n) is 5.01. The number of hydrogen-bond donors (Lipinski definition) is 0. The average Bonchev–Trinajstić information content (AvgIpc) is 3.01. The summed E-state index contributed by atoms with van der Waals surface area (Å²) < 4.78 is 15.7. The van der Waals surface area contributed by atoms with Gasteiger partial charge in [0.15, 0.2) is 0 Å². The van der Waals surface area contributed by atoms with Gasteiger partial charge in [0.1, 0.15) is 5.75 Å². The van der Waals surface area contributed by atoms with Crippen LogP contribution in [0.1, 0.15) is 11.1 Å². The SMILES string of the molecule is COc1nc(OC)nc(N(C)Cc2ccc3c(c2)CCO3)n1. The fourth-order valence-corrected chi connectivity index (χ4v) is 2.36. The first-order valence-electron chi connectivity index (χ1n) is 6.99. The van der Waals surface area contributed by atoms with Crippen molar-refractivity contribution in [3.05, 3.63) is 29.3 Å². The third-order valence-electron chi connectivity index (χ3n) is 3.46. The lowest BCUT2D eigenvalue weighted by Crippen LogP contribution is -2.20. The Bertz CT molecular complexity index is 656. The number of nitrogens with zero attached hydrogens (tertiary/aromatic N) is 4. The number of benzene rings is 1. The van der Waals surface area contributed by atoms with Crippen LogP contribution >= 0.6 is 0 Å². The maximum Gasteiger partial charge on any atom is 0.324 e. The average molecular weight is 302 g/mol. The highest BCUT2D eigenvalue weighted by atomic mass is 16.5. The van der Waals surface area contributed by atoms with Gasteiger partial charge in [-0.3, -0.25) is 0 Å². The second-order valence-corrected chi connectivity index (χ2v) is 5.01. The summed E-state index contributed by atoms with van der Waals surface area (Å²) >= 11 is 0. The summed E-state index contributed by atoms with van der Waals surface area (Å²) in [5.41, 5.74) is 2.42. The van der Waals surface area contributed by atoms with Crippen molar-refractivity contribution in [2.75, 3.05) is 32.8 Å². The van der Waals surface area contributed by atoms with Crippen LogP contribution in [0.25, 0.3) is 0 Å². The molecule has 0 atom stereocenters. The van der Waals surface area contributed by atoms with Gasteiger partial charge in [-0.25, -0.2) is 0 Å². The minimum Gasteiger partial charge on any atom is -0.493 e. The van der Waals surface area contributed by atoms with Gasteiger partial charge >= 0.3 is 12.0 Å². The van der Waals surface area contributed by atoms with Crippen LogP contribution in [0.5, 0.6) is 17.8 Å². The molecule has 1 aliphatic heterocycles. The number of methoxy groups -OCH3 is 2. The van der Waals surface area contributed by atoms with Crippen molar-refractivity contribution in [3.63, 3.8) is 0 Å². The molecule has 3 rings (SSSR count). The molecule has 1 aromatic carbocycles. The van der Waals surface area contributed by atoms with Gasteiger partial charge in [0.05, 0.1) is 20.8 Å². The molecule has 0 aliphatic carbocycles. The van der Waals surface area contributed by atoms with Gasteiger partial charge in [-0.2, -0.15) is 9.97 Å². The van der Waals surface area contributed by atoms with E-state index in [1.54, 1.807) is 0 Å². The summed E-state index contributed by atoms with van der Waals surface area (Å²) in [5, 5.41) is 0. The molecule has 0 saturated heterocycles. The Morgan fingerprint density at radius 3 is 2.55 bits per heavy atom. The smallest absolute Gasteiger partial charge is 0.324 e. The molecular formula is C15H18N4O3. The first kappa shape index (κ1) is 14.4.